The van der Waals surface area contributed by atoms with E-state index in [2.05, 4.69) is 6.92 Å². The van der Waals surface area contributed by atoms with E-state index >= 15 is 0 Å². The van der Waals surface area contributed by atoms with Crippen LogP contribution in [0, 0.1) is 17.3 Å². The minimum atomic E-state index is -1.12. The second-order valence-electron chi connectivity index (χ2n) is 9.34. The summed E-state index contributed by atoms with van der Waals surface area (Å²) in [6.45, 7) is 9.92. The molecule has 1 heterocycles. The van der Waals surface area contributed by atoms with Gasteiger partial charge < -0.3 is 19.7 Å². The molecule has 0 bridgehead atoms. The highest BCUT2D eigenvalue weighted by Gasteiger charge is 2.74. The van der Waals surface area contributed by atoms with E-state index in [4.69, 9.17) is 9.47 Å². The van der Waals surface area contributed by atoms with Crippen LogP contribution in [0.4, 0.5) is 0 Å². The normalized spacial score (nSPS) is 45.8. The summed E-state index contributed by atoms with van der Waals surface area (Å²) in [6.07, 6.45) is 9.03. The van der Waals surface area contributed by atoms with Crippen molar-refractivity contribution >= 4 is 5.97 Å². The Hall–Kier alpha value is -1.43. The third-order valence-electron chi connectivity index (χ3n) is 7.50. The molecule has 0 amide bonds. The third kappa shape index (κ3) is 2.74. The summed E-state index contributed by atoms with van der Waals surface area (Å²) < 4.78 is 12.4. The van der Waals surface area contributed by atoms with Gasteiger partial charge in [0.25, 0.3) is 0 Å². The van der Waals surface area contributed by atoms with Crippen LogP contribution in [0.3, 0.4) is 0 Å². The van der Waals surface area contributed by atoms with Gasteiger partial charge in [-0.25, -0.2) is 4.79 Å². The molecule has 154 valence electrons. The first-order valence-electron chi connectivity index (χ1n) is 10.5. The largest absolute Gasteiger partial charge is 0.478 e. The summed E-state index contributed by atoms with van der Waals surface area (Å²) in [6, 6.07) is 0. The van der Waals surface area contributed by atoms with Gasteiger partial charge in [-0.15, -0.1) is 0 Å². The molecule has 4 rings (SSSR count). The second kappa shape index (κ2) is 6.28. The van der Waals surface area contributed by atoms with Crippen LogP contribution in [0.15, 0.2) is 34.9 Å². The maximum absolute atomic E-state index is 11.7. The molecular weight excluding hydrogens is 356 g/mol. The predicted octanol–water partition coefficient (Wildman–Crippen LogP) is 3.98. The lowest BCUT2D eigenvalue weighted by molar-refractivity contribution is -0.171. The van der Waals surface area contributed by atoms with Gasteiger partial charge in [0, 0.05) is 16.9 Å². The molecule has 0 aromatic heterocycles. The minimum absolute atomic E-state index is 0.0164. The zero-order valence-electron chi connectivity index (χ0n) is 17.5. The van der Waals surface area contributed by atoms with Gasteiger partial charge in [-0.3, -0.25) is 0 Å². The summed E-state index contributed by atoms with van der Waals surface area (Å²) in [5, 5.41) is 21.3. The first kappa shape index (κ1) is 19.9. The van der Waals surface area contributed by atoms with E-state index < -0.39 is 17.4 Å². The number of hydrogen-bond donors (Lipinski definition) is 2. The molecule has 1 aliphatic heterocycles. The zero-order valence-corrected chi connectivity index (χ0v) is 17.5. The Bertz CT molecular complexity index is 779. The van der Waals surface area contributed by atoms with Crippen molar-refractivity contribution in [3.8, 4) is 0 Å². The molecule has 1 saturated heterocycles. The Morgan fingerprint density at radius 2 is 1.89 bits per heavy atom. The lowest BCUT2D eigenvalue weighted by Crippen LogP contribution is -2.48. The maximum Gasteiger partial charge on any atom is 0.331 e. The molecule has 5 heteroatoms. The van der Waals surface area contributed by atoms with E-state index in [-0.39, 0.29) is 23.5 Å². The van der Waals surface area contributed by atoms with E-state index in [9.17, 15) is 15.0 Å². The fraction of sp³-hybridized carbons (Fsp3) is 0.696. The summed E-state index contributed by atoms with van der Waals surface area (Å²) in [4.78, 5) is 11.7. The first-order chi connectivity index (χ1) is 13.1. The van der Waals surface area contributed by atoms with E-state index in [1.54, 1.807) is 0 Å². The van der Waals surface area contributed by atoms with E-state index in [1.165, 1.54) is 0 Å². The summed E-state index contributed by atoms with van der Waals surface area (Å²) in [5.41, 5.74) is 0.634. The molecule has 5 unspecified atom stereocenters. The van der Waals surface area contributed by atoms with Gasteiger partial charge in [0.15, 0.2) is 5.79 Å². The summed E-state index contributed by atoms with van der Waals surface area (Å²) in [7, 11) is 0. The molecule has 2 N–H and O–H groups in total. The molecule has 5 atom stereocenters. The van der Waals surface area contributed by atoms with Crippen LogP contribution in [0.5, 0.6) is 0 Å². The topological polar surface area (TPSA) is 76.0 Å². The number of aliphatic carboxylic acids is 1. The highest BCUT2D eigenvalue weighted by Crippen LogP contribution is 2.70. The third-order valence-corrected chi connectivity index (χ3v) is 7.50. The van der Waals surface area contributed by atoms with Crippen molar-refractivity contribution in [2.45, 2.75) is 83.9 Å². The Morgan fingerprint density at radius 1 is 1.29 bits per heavy atom. The van der Waals surface area contributed by atoms with Crippen molar-refractivity contribution in [1.29, 1.82) is 0 Å². The summed E-state index contributed by atoms with van der Waals surface area (Å²) >= 11 is 0. The molecule has 5 nitrogen and oxygen atoms in total. The first-order valence-corrected chi connectivity index (χ1v) is 10.5. The lowest BCUT2D eigenvalue weighted by atomic mass is 9.72. The molecule has 28 heavy (non-hydrogen) atoms. The van der Waals surface area contributed by atoms with Crippen molar-refractivity contribution in [2.24, 2.45) is 17.3 Å². The van der Waals surface area contributed by atoms with Crippen LogP contribution in [0.2, 0.25) is 0 Å². The molecule has 3 aliphatic carbocycles. The number of carboxylic acids is 1. The van der Waals surface area contributed by atoms with Gasteiger partial charge in [0.05, 0.1) is 12.2 Å². The average molecular weight is 389 g/mol. The van der Waals surface area contributed by atoms with Crippen molar-refractivity contribution in [3.05, 3.63) is 34.9 Å². The van der Waals surface area contributed by atoms with Crippen molar-refractivity contribution < 1.29 is 24.5 Å². The van der Waals surface area contributed by atoms with Crippen LogP contribution in [-0.4, -0.2) is 39.8 Å². The number of ether oxygens (including phenoxy) is 2. The lowest BCUT2D eigenvalue weighted by Gasteiger charge is -2.42. The predicted molar refractivity (Wildman–Crippen MR) is 106 cm³/mol. The molecule has 0 radical (unpaired) electrons. The molecule has 4 aliphatic rings. The molecule has 0 aromatic carbocycles. The van der Waals surface area contributed by atoms with Gasteiger partial charge >= 0.3 is 5.97 Å². The molecular formula is C23H32O5. The van der Waals surface area contributed by atoms with Crippen molar-refractivity contribution in [2.75, 3.05) is 0 Å². The molecule has 1 spiro atoms. The number of aliphatic hydroxyl groups is 1. The number of carbonyl (C=O) groups is 1. The minimum Gasteiger partial charge on any atom is -0.478 e. The second-order valence-corrected chi connectivity index (χ2v) is 9.34. The number of hydrogen-bond acceptors (Lipinski definition) is 4. The fourth-order valence-corrected chi connectivity index (χ4v) is 5.26. The van der Waals surface area contributed by atoms with Crippen molar-refractivity contribution in [3.63, 3.8) is 0 Å². The maximum atomic E-state index is 11.7. The smallest absolute Gasteiger partial charge is 0.331 e. The van der Waals surface area contributed by atoms with E-state index in [1.807, 2.05) is 45.9 Å². The molecule has 0 aromatic rings. The zero-order chi connectivity index (χ0) is 20.5. The molecule has 2 saturated carbocycles. The van der Waals surface area contributed by atoms with Gasteiger partial charge in [-0.05, 0) is 75.7 Å². The average Bonchev–Trinajstić information content (AvgIpc) is 3.52. The monoisotopic (exact) mass is 388 g/mol. The van der Waals surface area contributed by atoms with Crippen LogP contribution < -0.4 is 0 Å². The Balaban J connectivity index is 1.70. The van der Waals surface area contributed by atoms with Gasteiger partial charge in [0.2, 0.25) is 0 Å². The highest BCUT2D eigenvalue weighted by atomic mass is 16.8. The Labute approximate surface area is 167 Å². The quantitative estimate of drug-likeness (QED) is 0.423. The Kier molecular flexibility index (Phi) is 4.46. The Morgan fingerprint density at radius 3 is 2.39 bits per heavy atom. The standard InChI is InChI=1S/C23H32O5/c1-6-17(20(24)25)18(16-7-8-16)9-10-22(26)13(2)11-23(19-12-21(19,22)5)27-14(3)15(4)28-23/h9-11,14-16,19,26H,6-8,12H2,1-5H3,(H,24,25). The fourth-order valence-electron chi connectivity index (χ4n) is 5.26. The van der Waals surface area contributed by atoms with Crippen LogP contribution in [-0.2, 0) is 14.3 Å². The number of carboxylic acid groups (broad SMARTS) is 1. The number of fused-ring (bicyclic) bond motifs is 2. The van der Waals surface area contributed by atoms with Crippen LogP contribution >= 0.6 is 0 Å². The van der Waals surface area contributed by atoms with Gasteiger partial charge in [-0.1, -0.05) is 19.9 Å². The van der Waals surface area contributed by atoms with Gasteiger partial charge in [-0.2, -0.15) is 0 Å². The van der Waals surface area contributed by atoms with Crippen LogP contribution in [0.1, 0.15) is 60.3 Å². The molecule has 3 fully saturated rings. The van der Waals surface area contributed by atoms with Crippen molar-refractivity contribution in [1.82, 2.24) is 0 Å². The number of rotatable bonds is 5. The highest BCUT2D eigenvalue weighted by molar-refractivity contribution is 5.88. The van der Waals surface area contributed by atoms with Crippen LogP contribution in [0.25, 0.3) is 0 Å². The van der Waals surface area contributed by atoms with E-state index in [0.29, 0.717) is 17.9 Å². The van der Waals surface area contributed by atoms with Gasteiger partial charge in [0.1, 0.15) is 5.60 Å². The van der Waals surface area contributed by atoms with E-state index in [0.717, 1.165) is 30.4 Å². The SMILES string of the molecule is CCC(C(=O)O)=C(C=CC1(O)C(C)=CC2(OC(C)C(C)O2)C2CC21C)C1CC1. The summed E-state index contributed by atoms with van der Waals surface area (Å²) in [5.74, 6) is -1.22. The number of allylic oxidation sites excluding steroid dienone is 2.